The van der Waals surface area contributed by atoms with Crippen molar-refractivity contribution in [3.63, 3.8) is 0 Å². The average molecular weight is 209 g/mol. The molecule has 0 bridgehead atoms. The van der Waals surface area contributed by atoms with Gasteiger partial charge in [0.05, 0.1) is 0 Å². The van der Waals surface area contributed by atoms with E-state index >= 15 is 0 Å². The Hall–Kier alpha value is -1.09. The summed E-state index contributed by atoms with van der Waals surface area (Å²) in [6.45, 7) is 4.62. The fourth-order valence-electron chi connectivity index (χ4n) is 2.53. The summed E-state index contributed by atoms with van der Waals surface area (Å²) in [5.41, 5.74) is 6.21. The monoisotopic (exact) mass is 209 g/mol. The highest BCUT2D eigenvalue weighted by molar-refractivity contribution is 5.46. The molecule has 1 aromatic rings. The van der Waals surface area contributed by atoms with Crippen LogP contribution in [-0.2, 0) is 5.41 Å². The highest BCUT2D eigenvalue weighted by atomic mass is 19.1. The SMILES string of the molecule is CC1(C)CC1(CN)c1cccc(F)c1O. The second-order valence-electron chi connectivity index (χ2n) is 4.98. The molecule has 0 heterocycles. The van der Waals surface area contributed by atoms with Crippen LogP contribution >= 0.6 is 0 Å². The number of phenols is 1. The summed E-state index contributed by atoms with van der Waals surface area (Å²) in [6.07, 6.45) is 0.896. The van der Waals surface area contributed by atoms with Crippen molar-refractivity contribution >= 4 is 0 Å². The number of hydrogen-bond donors (Lipinski definition) is 2. The molecule has 2 nitrogen and oxygen atoms in total. The standard InChI is InChI=1S/C12H16FNO/c1-11(2)6-12(11,7-14)8-4-3-5-9(13)10(8)15/h3-5,15H,6-7,14H2,1-2H3. The number of halogens is 1. The maximum Gasteiger partial charge on any atom is 0.165 e. The van der Waals surface area contributed by atoms with E-state index in [2.05, 4.69) is 13.8 Å². The van der Waals surface area contributed by atoms with Crippen LogP contribution in [0.4, 0.5) is 4.39 Å². The van der Waals surface area contributed by atoms with E-state index in [4.69, 9.17) is 5.73 Å². The van der Waals surface area contributed by atoms with Gasteiger partial charge in [-0.3, -0.25) is 0 Å². The van der Waals surface area contributed by atoms with Crippen molar-refractivity contribution in [1.29, 1.82) is 0 Å². The number of phenolic OH excluding ortho intramolecular Hbond substituents is 1. The molecule has 0 radical (unpaired) electrons. The Balaban J connectivity index is 2.51. The quantitative estimate of drug-likeness (QED) is 0.784. The summed E-state index contributed by atoms with van der Waals surface area (Å²) in [6, 6.07) is 4.65. The summed E-state index contributed by atoms with van der Waals surface area (Å²) in [5.74, 6) is -0.809. The van der Waals surface area contributed by atoms with Crippen molar-refractivity contribution in [3.8, 4) is 5.75 Å². The molecule has 0 aromatic heterocycles. The number of rotatable bonds is 2. The van der Waals surface area contributed by atoms with Gasteiger partial charge in [-0.15, -0.1) is 0 Å². The Morgan fingerprint density at radius 2 is 2.07 bits per heavy atom. The first-order chi connectivity index (χ1) is 6.94. The van der Waals surface area contributed by atoms with E-state index in [1.54, 1.807) is 12.1 Å². The molecular formula is C12H16FNO. The zero-order valence-electron chi connectivity index (χ0n) is 9.05. The third-order valence-corrected chi connectivity index (χ3v) is 3.77. The Morgan fingerprint density at radius 1 is 1.47 bits per heavy atom. The molecule has 1 aliphatic carbocycles. The molecule has 15 heavy (non-hydrogen) atoms. The van der Waals surface area contributed by atoms with Gasteiger partial charge >= 0.3 is 0 Å². The lowest BCUT2D eigenvalue weighted by Crippen LogP contribution is -2.25. The van der Waals surface area contributed by atoms with E-state index in [-0.39, 0.29) is 16.6 Å². The summed E-state index contributed by atoms with van der Waals surface area (Å²) >= 11 is 0. The molecule has 1 fully saturated rings. The largest absolute Gasteiger partial charge is 0.505 e. The topological polar surface area (TPSA) is 46.2 Å². The van der Waals surface area contributed by atoms with Gasteiger partial charge in [0.2, 0.25) is 0 Å². The van der Waals surface area contributed by atoms with Gasteiger partial charge in [-0.05, 0) is 17.9 Å². The lowest BCUT2D eigenvalue weighted by atomic mass is 9.87. The minimum atomic E-state index is -0.567. The molecule has 3 N–H and O–H groups in total. The smallest absolute Gasteiger partial charge is 0.165 e. The first-order valence-corrected chi connectivity index (χ1v) is 5.13. The number of hydrogen-bond acceptors (Lipinski definition) is 2. The number of para-hydroxylation sites is 1. The maximum atomic E-state index is 13.2. The van der Waals surface area contributed by atoms with Crippen molar-refractivity contribution in [2.45, 2.75) is 25.7 Å². The van der Waals surface area contributed by atoms with E-state index < -0.39 is 5.82 Å². The van der Waals surface area contributed by atoms with Crippen LogP contribution in [0.3, 0.4) is 0 Å². The first kappa shape index (κ1) is 10.4. The predicted octanol–water partition coefficient (Wildman–Crippen LogP) is 2.16. The predicted molar refractivity (Wildman–Crippen MR) is 57.2 cm³/mol. The van der Waals surface area contributed by atoms with E-state index in [1.165, 1.54) is 6.07 Å². The van der Waals surface area contributed by atoms with E-state index in [0.29, 0.717) is 12.1 Å². The maximum absolute atomic E-state index is 13.2. The molecule has 0 aliphatic heterocycles. The second-order valence-corrected chi connectivity index (χ2v) is 4.98. The van der Waals surface area contributed by atoms with Crippen LogP contribution in [0.5, 0.6) is 5.75 Å². The van der Waals surface area contributed by atoms with Crippen LogP contribution < -0.4 is 5.73 Å². The van der Waals surface area contributed by atoms with Crippen molar-refractivity contribution in [3.05, 3.63) is 29.6 Å². The zero-order valence-corrected chi connectivity index (χ0v) is 9.05. The zero-order chi connectivity index (χ0) is 11.3. The van der Waals surface area contributed by atoms with E-state index in [0.717, 1.165) is 6.42 Å². The molecule has 1 unspecified atom stereocenters. The molecule has 82 valence electrons. The molecule has 1 atom stereocenters. The number of aromatic hydroxyl groups is 1. The van der Waals surface area contributed by atoms with Crippen LogP contribution in [0.1, 0.15) is 25.8 Å². The van der Waals surface area contributed by atoms with Gasteiger partial charge in [0.25, 0.3) is 0 Å². The molecule has 1 aliphatic rings. The Morgan fingerprint density at radius 3 is 2.53 bits per heavy atom. The lowest BCUT2D eigenvalue weighted by Gasteiger charge is -2.20. The van der Waals surface area contributed by atoms with Crippen LogP contribution in [0, 0.1) is 11.2 Å². The Bertz CT molecular complexity index is 403. The third kappa shape index (κ3) is 1.26. The van der Waals surface area contributed by atoms with Crippen molar-refractivity contribution in [2.24, 2.45) is 11.1 Å². The average Bonchev–Trinajstić information content (AvgIpc) is 2.74. The first-order valence-electron chi connectivity index (χ1n) is 5.13. The Kier molecular flexibility index (Phi) is 2.05. The fraction of sp³-hybridized carbons (Fsp3) is 0.500. The lowest BCUT2D eigenvalue weighted by molar-refractivity contribution is 0.406. The van der Waals surface area contributed by atoms with Gasteiger partial charge in [-0.2, -0.15) is 0 Å². The highest BCUT2D eigenvalue weighted by Crippen LogP contribution is 2.65. The van der Waals surface area contributed by atoms with Gasteiger partial charge in [-0.25, -0.2) is 4.39 Å². The normalized spacial score (nSPS) is 27.7. The van der Waals surface area contributed by atoms with Crippen LogP contribution in [0.25, 0.3) is 0 Å². The van der Waals surface area contributed by atoms with Gasteiger partial charge in [0.15, 0.2) is 11.6 Å². The number of benzene rings is 1. The summed E-state index contributed by atoms with van der Waals surface area (Å²) in [7, 11) is 0. The third-order valence-electron chi connectivity index (χ3n) is 3.77. The molecule has 3 heteroatoms. The minimum absolute atomic E-state index is 0.0486. The van der Waals surface area contributed by atoms with Crippen LogP contribution in [-0.4, -0.2) is 11.7 Å². The number of nitrogens with two attached hydrogens (primary N) is 1. The van der Waals surface area contributed by atoms with Crippen LogP contribution in [0.15, 0.2) is 18.2 Å². The van der Waals surface area contributed by atoms with Crippen molar-refractivity contribution in [1.82, 2.24) is 0 Å². The fourth-order valence-corrected chi connectivity index (χ4v) is 2.53. The van der Waals surface area contributed by atoms with Crippen molar-refractivity contribution in [2.75, 3.05) is 6.54 Å². The van der Waals surface area contributed by atoms with E-state index in [1.807, 2.05) is 0 Å². The summed E-state index contributed by atoms with van der Waals surface area (Å²) < 4.78 is 13.2. The Labute approximate surface area is 88.9 Å². The van der Waals surface area contributed by atoms with Gasteiger partial charge < -0.3 is 10.8 Å². The second kappa shape index (κ2) is 2.95. The summed E-state index contributed by atoms with van der Waals surface area (Å²) in [4.78, 5) is 0. The van der Waals surface area contributed by atoms with Gasteiger partial charge in [0.1, 0.15) is 0 Å². The van der Waals surface area contributed by atoms with E-state index in [9.17, 15) is 9.50 Å². The molecule has 2 rings (SSSR count). The molecule has 1 saturated carbocycles. The van der Waals surface area contributed by atoms with Gasteiger partial charge in [-0.1, -0.05) is 26.0 Å². The van der Waals surface area contributed by atoms with Crippen molar-refractivity contribution < 1.29 is 9.50 Å². The van der Waals surface area contributed by atoms with Crippen LogP contribution in [0.2, 0.25) is 0 Å². The molecule has 0 amide bonds. The minimum Gasteiger partial charge on any atom is -0.505 e. The molecule has 0 saturated heterocycles. The van der Waals surface area contributed by atoms with Gasteiger partial charge in [0, 0.05) is 17.5 Å². The molecular weight excluding hydrogens is 193 g/mol. The highest BCUT2D eigenvalue weighted by Gasteiger charge is 2.62. The molecule has 0 spiro atoms. The summed E-state index contributed by atoms with van der Waals surface area (Å²) in [5, 5.41) is 9.71. The molecule has 1 aromatic carbocycles.